The van der Waals surface area contributed by atoms with Gasteiger partial charge in [-0.25, -0.2) is 9.36 Å². The molecule has 9 heteroatoms. The van der Waals surface area contributed by atoms with E-state index >= 15 is 0 Å². The van der Waals surface area contributed by atoms with Crippen molar-refractivity contribution in [2.24, 2.45) is 0 Å². The van der Waals surface area contributed by atoms with Gasteiger partial charge in [0.15, 0.2) is 0 Å². The number of alkyl halides is 1. The standard InChI is InChI=1S/C37H45ClN2O5Si/c1-29-25-40(35(42)39(34(29)41)28-43-26-30-15-8-5-9-16-30)37(22-14-24-38)23-21-31(45-37)27-44-46(36(2,3)4,32-17-10-6-11-18-32)33-19-12-7-13-20-33/h5-13,15-20,25,31H,14,21-24,26-28H2,1-4H3/t31-,37+/m0/s1. The molecule has 5 rings (SSSR count). The molecule has 46 heavy (non-hydrogen) atoms. The van der Waals surface area contributed by atoms with Crippen LogP contribution < -0.4 is 21.6 Å². The van der Waals surface area contributed by atoms with E-state index in [-0.39, 0.29) is 30.0 Å². The summed E-state index contributed by atoms with van der Waals surface area (Å²) in [5.74, 6) is 0.432. The van der Waals surface area contributed by atoms with E-state index in [4.69, 9.17) is 25.5 Å². The Bertz CT molecular complexity index is 1650. The van der Waals surface area contributed by atoms with Gasteiger partial charge in [0.2, 0.25) is 0 Å². The zero-order valence-electron chi connectivity index (χ0n) is 27.3. The molecule has 0 N–H and O–H groups in total. The van der Waals surface area contributed by atoms with Gasteiger partial charge in [-0.3, -0.25) is 9.36 Å². The highest BCUT2D eigenvalue weighted by atomic mass is 35.5. The number of rotatable bonds is 13. The Balaban J connectivity index is 1.44. The summed E-state index contributed by atoms with van der Waals surface area (Å²) in [4.78, 5) is 27.1. The number of benzene rings is 3. The molecule has 3 aromatic carbocycles. The maximum absolute atomic E-state index is 14.0. The minimum atomic E-state index is -2.78. The van der Waals surface area contributed by atoms with Crippen molar-refractivity contribution in [1.29, 1.82) is 0 Å². The van der Waals surface area contributed by atoms with Gasteiger partial charge in [0.25, 0.3) is 13.9 Å². The number of hydrogen-bond donors (Lipinski definition) is 0. The fraction of sp³-hybridized carbons (Fsp3) is 0.405. The van der Waals surface area contributed by atoms with Crippen molar-refractivity contribution < 1.29 is 13.9 Å². The normalized spacial score (nSPS) is 18.6. The molecule has 2 heterocycles. The lowest BCUT2D eigenvalue weighted by Gasteiger charge is -2.43. The fourth-order valence-electron chi connectivity index (χ4n) is 6.70. The van der Waals surface area contributed by atoms with Crippen LogP contribution in [0, 0.1) is 6.92 Å². The maximum Gasteiger partial charge on any atom is 0.335 e. The molecule has 0 spiro atoms. The molecule has 7 nitrogen and oxygen atoms in total. The third-order valence-corrected chi connectivity index (χ3v) is 14.2. The van der Waals surface area contributed by atoms with E-state index in [0.29, 0.717) is 43.7 Å². The Labute approximate surface area is 277 Å². The van der Waals surface area contributed by atoms with Gasteiger partial charge in [0.1, 0.15) is 12.5 Å². The first kappa shape index (κ1) is 34.1. The first-order valence-corrected chi connectivity index (χ1v) is 18.5. The summed E-state index contributed by atoms with van der Waals surface area (Å²) in [6.07, 6.45) is 3.88. The molecular weight excluding hydrogens is 616 g/mol. The van der Waals surface area contributed by atoms with Gasteiger partial charge < -0.3 is 13.9 Å². The zero-order chi connectivity index (χ0) is 32.8. The summed E-state index contributed by atoms with van der Waals surface area (Å²) in [7, 11) is -2.78. The van der Waals surface area contributed by atoms with Gasteiger partial charge in [-0.2, -0.15) is 0 Å². The Morgan fingerprint density at radius 1 is 0.935 bits per heavy atom. The summed E-state index contributed by atoms with van der Waals surface area (Å²) >= 11 is 6.19. The molecule has 0 saturated carbocycles. The monoisotopic (exact) mass is 660 g/mol. The SMILES string of the molecule is Cc1cn([C@@]2(CCCCl)CC[C@@H](CO[Si](c3ccccc3)(c3ccccc3)C(C)(C)C)O2)c(=O)n(COCc2ccccc2)c1=O. The molecular formula is C37H45ClN2O5Si. The van der Waals surface area contributed by atoms with Crippen LogP contribution in [0.1, 0.15) is 57.6 Å². The Morgan fingerprint density at radius 2 is 1.52 bits per heavy atom. The van der Waals surface area contributed by atoms with Crippen LogP contribution in [0.3, 0.4) is 0 Å². The van der Waals surface area contributed by atoms with Gasteiger partial charge in [-0.1, -0.05) is 112 Å². The Hall–Kier alpha value is -3.27. The largest absolute Gasteiger partial charge is 0.405 e. The average Bonchev–Trinajstić information content (AvgIpc) is 3.48. The van der Waals surface area contributed by atoms with Crippen LogP contribution in [0.2, 0.25) is 5.04 Å². The molecule has 1 saturated heterocycles. The van der Waals surface area contributed by atoms with Crippen molar-refractivity contribution in [3.05, 3.63) is 129 Å². The van der Waals surface area contributed by atoms with Crippen LogP contribution in [0.4, 0.5) is 0 Å². The first-order chi connectivity index (χ1) is 22.1. The van der Waals surface area contributed by atoms with E-state index in [1.165, 1.54) is 10.4 Å². The molecule has 0 aliphatic carbocycles. The molecule has 1 aromatic heterocycles. The predicted molar refractivity (Wildman–Crippen MR) is 187 cm³/mol. The van der Waals surface area contributed by atoms with Crippen LogP contribution in [0.15, 0.2) is 107 Å². The van der Waals surface area contributed by atoms with E-state index in [1.807, 2.05) is 42.5 Å². The van der Waals surface area contributed by atoms with Crippen LogP contribution in [-0.2, 0) is 33.0 Å². The van der Waals surface area contributed by atoms with Crippen molar-refractivity contribution >= 4 is 30.3 Å². The van der Waals surface area contributed by atoms with Crippen molar-refractivity contribution in [1.82, 2.24) is 9.13 Å². The molecule has 1 fully saturated rings. The molecule has 1 aliphatic rings. The number of nitrogens with zero attached hydrogens (tertiary/aromatic N) is 2. The second kappa shape index (κ2) is 14.7. The third-order valence-electron chi connectivity index (χ3n) is 8.96. The number of ether oxygens (including phenoxy) is 2. The molecule has 0 amide bonds. The van der Waals surface area contributed by atoms with E-state index < -0.39 is 19.7 Å². The Morgan fingerprint density at radius 3 is 2.09 bits per heavy atom. The Kier molecular flexibility index (Phi) is 10.9. The van der Waals surface area contributed by atoms with Gasteiger partial charge >= 0.3 is 5.69 Å². The van der Waals surface area contributed by atoms with Crippen LogP contribution in [-0.4, -0.2) is 36.0 Å². The second-order valence-electron chi connectivity index (χ2n) is 13.2. The highest BCUT2D eigenvalue weighted by Gasteiger charge is 2.51. The number of aryl methyl sites for hydroxylation is 1. The molecule has 244 valence electrons. The minimum Gasteiger partial charge on any atom is -0.405 e. The van der Waals surface area contributed by atoms with Gasteiger partial charge in [0.05, 0.1) is 19.3 Å². The third kappa shape index (κ3) is 7.01. The molecule has 0 radical (unpaired) electrons. The zero-order valence-corrected chi connectivity index (χ0v) is 29.0. The smallest absolute Gasteiger partial charge is 0.335 e. The van der Waals surface area contributed by atoms with Crippen molar-refractivity contribution in [3.63, 3.8) is 0 Å². The molecule has 0 bridgehead atoms. The summed E-state index contributed by atoms with van der Waals surface area (Å²) < 4.78 is 22.7. The molecule has 4 aromatic rings. The topological polar surface area (TPSA) is 71.7 Å². The maximum atomic E-state index is 14.0. The minimum absolute atomic E-state index is 0.153. The van der Waals surface area contributed by atoms with E-state index in [1.54, 1.807) is 17.7 Å². The quantitative estimate of drug-likeness (QED) is 0.132. The van der Waals surface area contributed by atoms with E-state index in [2.05, 4.69) is 69.3 Å². The van der Waals surface area contributed by atoms with E-state index in [0.717, 1.165) is 10.1 Å². The highest BCUT2D eigenvalue weighted by molar-refractivity contribution is 6.99. The fourth-order valence-corrected chi connectivity index (χ4v) is 11.4. The van der Waals surface area contributed by atoms with Gasteiger partial charge in [0, 0.05) is 17.6 Å². The summed E-state index contributed by atoms with van der Waals surface area (Å²) in [6, 6.07) is 30.8. The lowest BCUT2D eigenvalue weighted by atomic mass is 10.0. The van der Waals surface area contributed by atoms with Gasteiger partial charge in [-0.05, 0) is 53.6 Å². The molecule has 2 atom stereocenters. The number of hydrogen-bond acceptors (Lipinski definition) is 5. The van der Waals surface area contributed by atoms with Crippen LogP contribution in [0.25, 0.3) is 0 Å². The summed E-state index contributed by atoms with van der Waals surface area (Å²) in [6.45, 7) is 9.00. The van der Waals surface area contributed by atoms with E-state index in [9.17, 15) is 9.59 Å². The number of halogens is 1. The molecule has 1 aliphatic heterocycles. The van der Waals surface area contributed by atoms with Crippen LogP contribution in [0.5, 0.6) is 0 Å². The van der Waals surface area contributed by atoms with Crippen LogP contribution >= 0.6 is 11.6 Å². The summed E-state index contributed by atoms with van der Waals surface area (Å²) in [5, 5.41) is 2.23. The average molecular weight is 661 g/mol. The first-order valence-electron chi connectivity index (χ1n) is 16.1. The predicted octanol–water partition coefficient (Wildman–Crippen LogP) is 5.92. The summed E-state index contributed by atoms with van der Waals surface area (Å²) in [5.41, 5.74) is -0.364. The lowest BCUT2D eigenvalue weighted by molar-refractivity contribution is -0.118. The van der Waals surface area contributed by atoms with Crippen molar-refractivity contribution in [3.8, 4) is 0 Å². The highest BCUT2D eigenvalue weighted by Crippen LogP contribution is 2.41. The number of aromatic nitrogens is 2. The second-order valence-corrected chi connectivity index (χ2v) is 17.8. The molecule has 0 unspecified atom stereocenters. The van der Waals surface area contributed by atoms with Crippen molar-refractivity contribution in [2.45, 2.75) is 83.6 Å². The van der Waals surface area contributed by atoms with Gasteiger partial charge in [-0.15, -0.1) is 11.6 Å². The lowest BCUT2D eigenvalue weighted by Crippen LogP contribution is -2.67. The van der Waals surface area contributed by atoms with Crippen molar-refractivity contribution in [2.75, 3.05) is 12.5 Å².